The second-order valence-corrected chi connectivity index (χ2v) is 7.22. The van der Waals surface area contributed by atoms with Gasteiger partial charge in [-0.2, -0.15) is 4.98 Å². The predicted octanol–water partition coefficient (Wildman–Crippen LogP) is 2.08. The highest BCUT2D eigenvalue weighted by molar-refractivity contribution is 4.99. The van der Waals surface area contributed by atoms with Gasteiger partial charge in [0.05, 0.1) is 6.54 Å². The van der Waals surface area contributed by atoms with E-state index >= 15 is 0 Å². The molecule has 0 spiro atoms. The summed E-state index contributed by atoms with van der Waals surface area (Å²) in [4.78, 5) is 7.09. The van der Waals surface area contributed by atoms with Gasteiger partial charge in [0, 0.05) is 24.0 Å². The van der Waals surface area contributed by atoms with Gasteiger partial charge in [0.2, 0.25) is 5.89 Å². The molecule has 1 aromatic heterocycles. The summed E-state index contributed by atoms with van der Waals surface area (Å²) in [5, 5.41) is 7.74. The molecular weight excluding hydrogens is 252 g/mol. The molecule has 1 saturated heterocycles. The minimum Gasteiger partial charge on any atom is -0.339 e. The second kappa shape index (κ2) is 5.45. The van der Waals surface area contributed by atoms with Gasteiger partial charge in [0.25, 0.3) is 0 Å². The molecule has 1 atom stereocenters. The van der Waals surface area contributed by atoms with E-state index in [0.717, 1.165) is 30.8 Å². The topological polar surface area (TPSA) is 54.2 Å². The van der Waals surface area contributed by atoms with E-state index in [0.29, 0.717) is 6.04 Å². The Morgan fingerprint density at radius 2 is 2.10 bits per heavy atom. The van der Waals surface area contributed by atoms with E-state index in [1.165, 1.54) is 32.2 Å². The number of hydrogen-bond donors (Lipinski definition) is 1. The van der Waals surface area contributed by atoms with Crippen LogP contribution in [0.2, 0.25) is 0 Å². The molecule has 5 heteroatoms. The summed E-state index contributed by atoms with van der Waals surface area (Å²) < 4.78 is 5.40. The SMILES string of the molecule is CC(C)(C)c1nc(CN(CC2CCCN2)C2CC2)no1. The van der Waals surface area contributed by atoms with Crippen molar-refractivity contribution in [3.63, 3.8) is 0 Å². The first-order valence-electron chi connectivity index (χ1n) is 7.83. The quantitative estimate of drug-likeness (QED) is 0.893. The fourth-order valence-corrected chi connectivity index (χ4v) is 2.78. The summed E-state index contributed by atoms with van der Waals surface area (Å²) in [5.41, 5.74) is -0.0668. The number of nitrogens with one attached hydrogen (secondary N) is 1. The van der Waals surface area contributed by atoms with Crippen LogP contribution in [0.4, 0.5) is 0 Å². The third kappa shape index (κ3) is 3.38. The van der Waals surface area contributed by atoms with Crippen molar-refractivity contribution in [2.75, 3.05) is 13.1 Å². The Balaban J connectivity index is 1.62. The number of hydrogen-bond acceptors (Lipinski definition) is 5. The smallest absolute Gasteiger partial charge is 0.232 e. The lowest BCUT2D eigenvalue weighted by atomic mass is 9.97. The van der Waals surface area contributed by atoms with Gasteiger partial charge >= 0.3 is 0 Å². The molecule has 2 fully saturated rings. The lowest BCUT2D eigenvalue weighted by Gasteiger charge is -2.24. The van der Waals surface area contributed by atoms with Crippen LogP contribution in [0.25, 0.3) is 0 Å². The summed E-state index contributed by atoms with van der Waals surface area (Å²) in [6.45, 7) is 9.41. The number of rotatable bonds is 5. The second-order valence-electron chi connectivity index (χ2n) is 7.22. The van der Waals surface area contributed by atoms with Crippen LogP contribution in [0.5, 0.6) is 0 Å². The molecule has 1 aromatic rings. The summed E-state index contributed by atoms with van der Waals surface area (Å²) >= 11 is 0. The summed E-state index contributed by atoms with van der Waals surface area (Å²) in [5.74, 6) is 1.57. The molecule has 1 N–H and O–H groups in total. The van der Waals surface area contributed by atoms with Crippen LogP contribution in [0.15, 0.2) is 4.52 Å². The zero-order chi connectivity index (χ0) is 14.2. The molecule has 112 valence electrons. The zero-order valence-corrected chi connectivity index (χ0v) is 12.9. The fourth-order valence-electron chi connectivity index (χ4n) is 2.78. The molecule has 1 aliphatic heterocycles. The zero-order valence-electron chi connectivity index (χ0n) is 12.9. The number of nitrogens with zero attached hydrogens (tertiary/aromatic N) is 3. The van der Waals surface area contributed by atoms with Gasteiger partial charge in [0.15, 0.2) is 5.82 Å². The maximum Gasteiger partial charge on any atom is 0.232 e. The van der Waals surface area contributed by atoms with Crippen LogP contribution in [-0.4, -0.2) is 40.2 Å². The van der Waals surface area contributed by atoms with E-state index in [2.05, 4.69) is 41.1 Å². The molecule has 0 amide bonds. The molecule has 5 nitrogen and oxygen atoms in total. The minimum absolute atomic E-state index is 0.0668. The average Bonchev–Trinajstić information content (AvgIpc) is 2.88. The summed E-state index contributed by atoms with van der Waals surface area (Å²) in [6.07, 6.45) is 5.23. The van der Waals surface area contributed by atoms with Crippen molar-refractivity contribution in [3.8, 4) is 0 Å². The first kappa shape index (κ1) is 14.0. The van der Waals surface area contributed by atoms with E-state index in [-0.39, 0.29) is 5.41 Å². The summed E-state index contributed by atoms with van der Waals surface area (Å²) in [7, 11) is 0. The van der Waals surface area contributed by atoms with Crippen LogP contribution in [0.1, 0.15) is 58.2 Å². The maximum absolute atomic E-state index is 5.40. The van der Waals surface area contributed by atoms with Gasteiger partial charge in [-0.15, -0.1) is 0 Å². The molecule has 1 saturated carbocycles. The first-order chi connectivity index (χ1) is 9.52. The monoisotopic (exact) mass is 278 g/mol. The molecule has 0 aromatic carbocycles. The standard InChI is InChI=1S/C15H26N4O/c1-15(2,3)14-17-13(18-20-14)10-19(12-6-7-12)9-11-5-4-8-16-11/h11-12,16H,4-10H2,1-3H3. The van der Waals surface area contributed by atoms with Crippen LogP contribution >= 0.6 is 0 Å². The average molecular weight is 278 g/mol. The summed E-state index contributed by atoms with van der Waals surface area (Å²) in [6, 6.07) is 1.37. The maximum atomic E-state index is 5.40. The van der Waals surface area contributed by atoms with E-state index in [1.807, 2.05) is 0 Å². The normalized spacial score (nSPS) is 23.7. The van der Waals surface area contributed by atoms with E-state index in [4.69, 9.17) is 4.52 Å². The van der Waals surface area contributed by atoms with Crippen molar-refractivity contribution in [1.29, 1.82) is 0 Å². The lowest BCUT2D eigenvalue weighted by molar-refractivity contribution is 0.222. The molecule has 20 heavy (non-hydrogen) atoms. The van der Waals surface area contributed by atoms with Gasteiger partial charge in [-0.05, 0) is 32.2 Å². The van der Waals surface area contributed by atoms with Crippen molar-refractivity contribution in [2.45, 2.75) is 70.5 Å². The van der Waals surface area contributed by atoms with Crippen molar-refractivity contribution < 1.29 is 4.52 Å². The van der Waals surface area contributed by atoms with Crippen LogP contribution in [0, 0.1) is 0 Å². The van der Waals surface area contributed by atoms with Gasteiger partial charge in [-0.25, -0.2) is 0 Å². The third-order valence-electron chi connectivity index (χ3n) is 4.13. The van der Waals surface area contributed by atoms with Crippen LogP contribution in [-0.2, 0) is 12.0 Å². The molecule has 1 unspecified atom stereocenters. The van der Waals surface area contributed by atoms with Gasteiger partial charge in [-0.1, -0.05) is 25.9 Å². The van der Waals surface area contributed by atoms with Gasteiger partial charge in [-0.3, -0.25) is 4.90 Å². The highest BCUT2D eigenvalue weighted by Gasteiger charge is 2.32. The van der Waals surface area contributed by atoms with Gasteiger partial charge < -0.3 is 9.84 Å². The van der Waals surface area contributed by atoms with E-state index in [1.54, 1.807) is 0 Å². The molecule has 2 aliphatic rings. The van der Waals surface area contributed by atoms with E-state index < -0.39 is 0 Å². The van der Waals surface area contributed by atoms with Crippen molar-refractivity contribution >= 4 is 0 Å². The molecule has 0 radical (unpaired) electrons. The molecule has 0 bridgehead atoms. The van der Waals surface area contributed by atoms with Gasteiger partial charge in [0.1, 0.15) is 0 Å². The van der Waals surface area contributed by atoms with Crippen LogP contribution in [0.3, 0.4) is 0 Å². The Labute approximate surface area is 121 Å². The highest BCUT2D eigenvalue weighted by atomic mass is 16.5. The lowest BCUT2D eigenvalue weighted by Crippen LogP contribution is -2.38. The Morgan fingerprint density at radius 3 is 2.65 bits per heavy atom. The Morgan fingerprint density at radius 1 is 1.30 bits per heavy atom. The minimum atomic E-state index is -0.0668. The third-order valence-corrected chi connectivity index (χ3v) is 4.13. The predicted molar refractivity (Wildman–Crippen MR) is 77.5 cm³/mol. The fraction of sp³-hybridized carbons (Fsp3) is 0.867. The molecule has 3 rings (SSSR count). The molecule has 2 heterocycles. The molecule has 1 aliphatic carbocycles. The first-order valence-corrected chi connectivity index (χ1v) is 7.83. The van der Waals surface area contributed by atoms with Crippen LogP contribution < -0.4 is 5.32 Å². The van der Waals surface area contributed by atoms with E-state index in [9.17, 15) is 0 Å². The Kier molecular flexibility index (Phi) is 3.82. The Hall–Kier alpha value is -0.940. The number of aromatic nitrogens is 2. The van der Waals surface area contributed by atoms with Crippen molar-refractivity contribution in [3.05, 3.63) is 11.7 Å². The molecular formula is C15H26N4O. The highest BCUT2D eigenvalue weighted by Crippen LogP contribution is 2.29. The van der Waals surface area contributed by atoms with Crippen molar-refractivity contribution in [2.24, 2.45) is 0 Å². The largest absolute Gasteiger partial charge is 0.339 e. The van der Waals surface area contributed by atoms with Crippen molar-refractivity contribution in [1.82, 2.24) is 20.4 Å². The Bertz CT molecular complexity index is 441.